The molecule has 0 saturated heterocycles. The second-order valence-electron chi connectivity index (χ2n) is 5.72. The molecule has 0 aromatic carbocycles. The average Bonchev–Trinajstić information content (AvgIpc) is 3.08. The Hall–Kier alpha value is -1.98. The van der Waals surface area contributed by atoms with Gasteiger partial charge in [-0.2, -0.15) is 4.98 Å². The van der Waals surface area contributed by atoms with Gasteiger partial charge in [0.1, 0.15) is 0 Å². The van der Waals surface area contributed by atoms with E-state index in [1.807, 2.05) is 31.7 Å². The number of aromatic nitrogens is 4. The van der Waals surface area contributed by atoms with Crippen LogP contribution in [0.3, 0.4) is 0 Å². The normalized spacial score (nSPS) is 15.8. The lowest BCUT2D eigenvalue weighted by molar-refractivity contribution is 0.0681. The van der Waals surface area contributed by atoms with Crippen molar-refractivity contribution in [2.75, 3.05) is 6.54 Å². The Morgan fingerprint density at radius 1 is 1.33 bits per heavy atom. The lowest BCUT2D eigenvalue weighted by Crippen LogP contribution is -2.39. The van der Waals surface area contributed by atoms with Crippen LogP contribution in [0.5, 0.6) is 0 Å². The Balaban J connectivity index is 1.95. The number of amides is 1. The highest BCUT2D eigenvalue weighted by Crippen LogP contribution is 2.24. The van der Waals surface area contributed by atoms with E-state index in [4.69, 9.17) is 0 Å². The van der Waals surface area contributed by atoms with Crippen molar-refractivity contribution in [3.05, 3.63) is 23.3 Å². The Morgan fingerprint density at radius 3 is 2.71 bits per heavy atom. The zero-order valence-corrected chi connectivity index (χ0v) is 12.8. The van der Waals surface area contributed by atoms with E-state index in [1.54, 1.807) is 4.52 Å². The molecule has 3 rings (SSSR count). The molecule has 2 aromatic heterocycles. The molecule has 6 heteroatoms. The highest BCUT2D eigenvalue weighted by atomic mass is 16.2. The van der Waals surface area contributed by atoms with Crippen molar-refractivity contribution >= 4 is 11.7 Å². The maximum atomic E-state index is 12.7. The first kappa shape index (κ1) is 14.0. The number of rotatable bonds is 3. The van der Waals surface area contributed by atoms with Crippen LogP contribution in [0, 0.1) is 13.8 Å². The third-order valence-corrected chi connectivity index (χ3v) is 4.18. The molecule has 0 N–H and O–H groups in total. The first-order valence-electron chi connectivity index (χ1n) is 7.62. The zero-order valence-electron chi connectivity index (χ0n) is 12.8. The van der Waals surface area contributed by atoms with Crippen LogP contribution < -0.4 is 0 Å². The van der Waals surface area contributed by atoms with Gasteiger partial charge in [-0.15, -0.1) is 5.10 Å². The highest BCUT2D eigenvalue weighted by molar-refractivity contribution is 5.91. The van der Waals surface area contributed by atoms with Crippen LogP contribution in [0.25, 0.3) is 5.78 Å². The van der Waals surface area contributed by atoms with Crippen molar-refractivity contribution in [3.63, 3.8) is 0 Å². The number of hydrogen-bond donors (Lipinski definition) is 0. The number of hydrogen-bond acceptors (Lipinski definition) is 4. The van der Waals surface area contributed by atoms with Gasteiger partial charge in [0.2, 0.25) is 5.82 Å². The van der Waals surface area contributed by atoms with Gasteiger partial charge in [-0.1, -0.05) is 12.8 Å². The quantitative estimate of drug-likeness (QED) is 0.867. The lowest BCUT2D eigenvalue weighted by Gasteiger charge is -2.26. The van der Waals surface area contributed by atoms with E-state index >= 15 is 0 Å². The van der Waals surface area contributed by atoms with Gasteiger partial charge in [0.05, 0.1) is 0 Å². The highest BCUT2D eigenvalue weighted by Gasteiger charge is 2.28. The largest absolute Gasteiger partial charge is 0.333 e. The minimum absolute atomic E-state index is 0.0769. The van der Waals surface area contributed by atoms with E-state index in [0.29, 0.717) is 18.4 Å². The molecule has 6 nitrogen and oxygen atoms in total. The number of fused-ring (bicyclic) bond motifs is 1. The van der Waals surface area contributed by atoms with Gasteiger partial charge in [-0.25, -0.2) is 9.50 Å². The molecule has 1 aliphatic carbocycles. The molecule has 1 aliphatic rings. The van der Waals surface area contributed by atoms with Crippen molar-refractivity contribution in [2.24, 2.45) is 0 Å². The standard InChI is InChI=1S/C15H21N5O/c1-4-19(12-7-5-6-8-12)14(21)13-17-15-16-10(2)9-11(3)20(15)18-13/h9,12H,4-8H2,1-3H3. The predicted octanol–water partition coefficient (Wildman–Crippen LogP) is 2.15. The number of nitrogens with zero attached hydrogens (tertiary/aromatic N) is 5. The monoisotopic (exact) mass is 287 g/mol. The van der Waals surface area contributed by atoms with Gasteiger partial charge in [0, 0.05) is 24.0 Å². The van der Waals surface area contributed by atoms with Gasteiger partial charge < -0.3 is 4.90 Å². The van der Waals surface area contributed by atoms with Crippen LogP contribution >= 0.6 is 0 Å². The first-order chi connectivity index (χ1) is 10.1. The summed E-state index contributed by atoms with van der Waals surface area (Å²) in [5.74, 6) is 0.676. The molecule has 21 heavy (non-hydrogen) atoms. The summed E-state index contributed by atoms with van der Waals surface area (Å²) in [5, 5.41) is 4.35. The Labute approximate surface area is 124 Å². The van der Waals surface area contributed by atoms with Gasteiger partial charge in [-0.3, -0.25) is 4.79 Å². The molecular formula is C15H21N5O. The van der Waals surface area contributed by atoms with E-state index in [1.165, 1.54) is 12.8 Å². The van der Waals surface area contributed by atoms with Crippen LogP contribution in [0.1, 0.15) is 54.6 Å². The fourth-order valence-electron chi connectivity index (χ4n) is 3.17. The SMILES string of the molecule is CCN(C(=O)c1nc2nc(C)cc(C)n2n1)C1CCCC1. The maximum Gasteiger partial charge on any atom is 0.293 e. The second-order valence-corrected chi connectivity index (χ2v) is 5.72. The van der Waals surface area contributed by atoms with Crippen LogP contribution in [0.15, 0.2) is 6.07 Å². The van der Waals surface area contributed by atoms with Crippen molar-refractivity contribution < 1.29 is 4.79 Å². The third kappa shape index (κ3) is 2.50. The summed E-state index contributed by atoms with van der Waals surface area (Å²) in [6, 6.07) is 2.27. The molecule has 0 spiro atoms. The summed E-state index contributed by atoms with van der Waals surface area (Å²) < 4.78 is 1.64. The van der Waals surface area contributed by atoms with Crippen molar-refractivity contribution in [3.8, 4) is 0 Å². The Kier molecular flexibility index (Phi) is 3.61. The summed E-state index contributed by atoms with van der Waals surface area (Å²) in [5.41, 5.74) is 1.82. The first-order valence-corrected chi connectivity index (χ1v) is 7.62. The van der Waals surface area contributed by atoms with Crippen LogP contribution in [-0.2, 0) is 0 Å². The minimum atomic E-state index is -0.0769. The fraction of sp³-hybridized carbons (Fsp3) is 0.600. The molecule has 0 unspecified atom stereocenters. The fourth-order valence-corrected chi connectivity index (χ4v) is 3.17. The summed E-state index contributed by atoms with van der Waals surface area (Å²) in [4.78, 5) is 23.3. The van der Waals surface area contributed by atoms with Gasteiger partial charge >= 0.3 is 0 Å². The molecule has 1 amide bonds. The molecular weight excluding hydrogens is 266 g/mol. The topological polar surface area (TPSA) is 63.4 Å². The summed E-state index contributed by atoms with van der Waals surface area (Å²) in [6.07, 6.45) is 4.58. The lowest BCUT2D eigenvalue weighted by atomic mass is 10.2. The number of aryl methyl sites for hydroxylation is 2. The molecule has 0 bridgehead atoms. The van der Waals surface area contributed by atoms with E-state index in [2.05, 4.69) is 15.1 Å². The molecule has 1 fully saturated rings. The number of carbonyl (C=O) groups is 1. The van der Waals surface area contributed by atoms with Crippen molar-refractivity contribution in [1.29, 1.82) is 0 Å². The summed E-state index contributed by atoms with van der Waals surface area (Å²) in [6.45, 7) is 6.57. The Bertz CT molecular complexity index is 672. The molecule has 0 aliphatic heterocycles. The minimum Gasteiger partial charge on any atom is -0.333 e. The smallest absolute Gasteiger partial charge is 0.293 e. The Morgan fingerprint density at radius 2 is 2.05 bits per heavy atom. The van der Waals surface area contributed by atoms with E-state index in [-0.39, 0.29) is 11.7 Å². The van der Waals surface area contributed by atoms with Gasteiger partial charge in [0.25, 0.3) is 11.7 Å². The predicted molar refractivity (Wildman–Crippen MR) is 79.2 cm³/mol. The summed E-state index contributed by atoms with van der Waals surface area (Å²) in [7, 11) is 0. The molecule has 112 valence electrons. The molecule has 2 aromatic rings. The van der Waals surface area contributed by atoms with Crippen molar-refractivity contribution in [2.45, 2.75) is 52.5 Å². The van der Waals surface area contributed by atoms with Gasteiger partial charge in [-0.05, 0) is 39.7 Å². The number of carbonyl (C=O) groups excluding carboxylic acids is 1. The average molecular weight is 287 g/mol. The van der Waals surface area contributed by atoms with Crippen LogP contribution in [0.2, 0.25) is 0 Å². The van der Waals surface area contributed by atoms with Gasteiger partial charge in [0.15, 0.2) is 0 Å². The molecule has 1 saturated carbocycles. The second kappa shape index (κ2) is 5.42. The van der Waals surface area contributed by atoms with E-state index in [9.17, 15) is 4.79 Å². The third-order valence-electron chi connectivity index (χ3n) is 4.18. The zero-order chi connectivity index (χ0) is 15.0. The van der Waals surface area contributed by atoms with E-state index < -0.39 is 0 Å². The van der Waals surface area contributed by atoms with Crippen LogP contribution in [-0.4, -0.2) is 43.0 Å². The maximum absolute atomic E-state index is 12.7. The van der Waals surface area contributed by atoms with Crippen molar-refractivity contribution in [1.82, 2.24) is 24.5 Å². The molecule has 2 heterocycles. The summed E-state index contributed by atoms with van der Waals surface area (Å²) >= 11 is 0. The molecule has 0 atom stereocenters. The van der Waals surface area contributed by atoms with Crippen LogP contribution in [0.4, 0.5) is 0 Å². The van der Waals surface area contributed by atoms with E-state index in [0.717, 1.165) is 24.2 Å². The molecule has 0 radical (unpaired) electrons.